The molecule has 0 atom stereocenters. The normalized spacial score (nSPS) is 11.0. The predicted octanol–water partition coefficient (Wildman–Crippen LogP) is 4.22. The molecule has 3 nitrogen and oxygen atoms in total. The first kappa shape index (κ1) is 14.6. The third-order valence-electron chi connectivity index (χ3n) is 3.23. The van der Waals surface area contributed by atoms with Crippen LogP contribution in [0.3, 0.4) is 0 Å². The van der Waals surface area contributed by atoms with Crippen LogP contribution in [0.15, 0.2) is 36.4 Å². The van der Waals surface area contributed by atoms with Crippen molar-refractivity contribution in [2.45, 2.75) is 0 Å². The van der Waals surface area contributed by atoms with E-state index >= 15 is 0 Å². The van der Waals surface area contributed by atoms with Crippen molar-refractivity contribution in [3.8, 4) is 22.8 Å². The Morgan fingerprint density at radius 2 is 1.55 bits per heavy atom. The van der Waals surface area contributed by atoms with Gasteiger partial charge in [0, 0.05) is 12.1 Å². The summed E-state index contributed by atoms with van der Waals surface area (Å²) < 4.78 is 42.9. The minimum atomic E-state index is -0.770. The molecule has 0 amide bonds. The average Bonchev–Trinajstić information content (AvgIpc) is 2.83. The smallest absolute Gasteiger partial charge is 0.169 e. The fourth-order valence-electron chi connectivity index (χ4n) is 2.16. The summed E-state index contributed by atoms with van der Waals surface area (Å²) >= 11 is 5.85. The van der Waals surface area contributed by atoms with E-state index in [4.69, 9.17) is 11.6 Å². The van der Waals surface area contributed by atoms with Crippen LogP contribution in [-0.2, 0) is 7.05 Å². The first-order valence-electron chi connectivity index (χ1n) is 6.28. The SMILES string of the molecule is Cn1c(-c2cc(Cl)ccc2F)nnc1-c1c(F)cccc1F. The van der Waals surface area contributed by atoms with E-state index in [2.05, 4.69) is 10.2 Å². The van der Waals surface area contributed by atoms with E-state index in [-0.39, 0.29) is 22.8 Å². The molecule has 22 heavy (non-hydrogen) atoms. The van der Waals surface area contributed by atoms with Gasteiger partial charge in [-0.15, -0.1) is 10.2 Å². The molecule has 7 heteroatoms. The van der Waals surface area contributed by atoms with E-state index in [0.717, 1.165) is 12.1 Å². The van der Waals surface area contributed by atoms with Gasteiger partial charge in [0.2, 0.25) is 0 Å². The van der Waals surface area contributed by atoms with Crippen LogP contribution < -0.4 is 0 Å². The van der Waals surface area contributed by atoms with E-state index in [1.54, 1.807) is 0 Å². The van der Waals surface area contributed by atoms with Gasteiger partial charge in [-0.3, -0.25) is 0 Å². The molecule has 0 saturated carbocycles. The standard InChI is InChI=1S/C15H9ClF3N3/c1-22-14(9-7-8(16)5-6-10(9)17)20-21-15(22)13-11(18)3-2-4-12(13)19/h2-7H,1H3. The van der Waals surface area contributed by atoms with Crippen molar-refractivity contribution in [3.05, 3.63) is 58.9 Å². The lowest BCUT2D eigenvalue weighted by Gasteiger charge is -2.07. The van der Waals surface area contributed by atoms with Crippen molar-refractivity contribution >= 4 is 11.6 Å². The van der Waals surface area contributed by atoms with E-state index in [0.29, 0.717) is 5.02 Å². The van der Waals surface area contributed by atoms with Gasteiger partial charge in [-0.1, -0.05) is 17.7 Å². The lowest BCUT2D eigenvalue weighted by atomic mass is 10.1. The second-order valence-corrected chi connectivity index (χ2v) is 5.06. The second kappa shape index (κ2) is 5.46. The molecule has 0 bridgehead atoms. The molecule has 1 heterocycles. The molecule has 2 aromatic carbocycles. The summed E-state index contributed by atoms with van der Waals surface area (Å²) in [5.74, 6) is -2.01. The zero-order valence-electron chi connectivity index (χ0n) is 11.3. The first-order valence-corrected chi connectivity index (χ1v) is 6.66. The summed E-state index contributed by atoms with van der Waals surface area (Å²) in [6, 6.07) is 7.45. The minimum absolute atomic E-state index is 0.0371. The molecule has 0 spiro atoms. The quantitative estimate of drug-likeness (QED) is 0.707. The average molecular weight is 324 g/mol. The Labute approximate surface area is 129 Å². The van der Waals surface area contributed by atoms with E-state index in [1.165, 1.54) is 35.9 Å². The molecule has 0 radical (unpaired) electrons. The van der Waals surface area contributed by atoms with Crippen LogP contribution in [-0.4, -0.2) is 14.8 Å². The van der Waals surface area contributed by atoms with E-state index in [1.807, 2.05) is 0 Å². The lowest BCUT2D eigenvalue weighted by Crippen LogP contribution is -2.00. The Bertz CT molecular complexity index is 841. The van der Waals surface area contributed by atoms with Crippen molar-refractivity contribution in [1.82, 2.24) is 14.8 Å². The van der Waals surface area contributed by atoms with Crippen LogP contribution in [0.1, 0.15) is 0 Å². The van der Waals surface area contributed by atoms with Gasteiger partial charge in [-0.25, -0.2) is 13.2 Å². The number of nitrogens with zero attached hydrogens (tertiary/aromatic N) is 3. The molecule has 0 aliphatic carbocycles. The molecule has 3 rings (SSSR count). The first-order chi connectivity index (χ1) is 10.5. The van der Waals surface area contributed by atoms with Crippen LogP contribution in [0.5, 0.6) is 0 Å². The van der Waals surface area contributed by atoms with Gasteiger partial charge in [0.15, 0.2) is 11.6 Å². The molecular formula is C15H9ClF3N3. The highest BCUT2D eigenvalue weighted by Gasteiger charge is 2.20. The molecule has 3 aromatic rings. The molecule has 0 N–H and O–H groups in total. The highest BCUT2D eigenvalue weighted by atomic mass is 35.5. The Kier molecular flexibility index (Phi) is 3.62. The largest absolute Gasteiger partial charge is 0.310 e. The van der Waals surface area contributed by atoms with Crippen LogP contribution in [0, 0.1) is 17.5 Å². The molecule has 0 aliphatic rings. The number of rotatable bonds is 2. The molecule has 112 valence electrons. The maximum Gasteiger partial charge on any atom is 0.169 e. The predicted molar refractivity (Wildman–Crippen MR) is 76.8 cm³/mol. The van der Waals surface area contributed by atoms with Gasteiger partial charge >= 0.3 is 0 Å². The number of benzene rings is 2. The van der Waals surface area contributed by atoms with Crippen molar-refractivity contribution in [2.24, 2.45) is 7.05 Å². The zero-order valence-corrected chi connectivity index (χ0v) is 12.1. The summed E-state index contributed by atoms with van der Waals surface area (Å²) in [6.45, 7) is 0. The Morgan fingerprint density at radius 3 is 2.23 bits per heavy atom. The molecule has 0 saturated heterocycles. The molecule has 0 unspecified atom stereocenters. The minimum Gasteiger partial charge on any atom is -0.310 e. The number of halogens is 4. The van der Waals surface area contributed by atoms with E-state index < -0.39 is 17.5 Å². The van der Waals surface area contributed by atoms with Gasteiger partial charge in [0.1, 0.15) is 17.5 Å². The summed E-state index contributed by atoms with van der Waals surface area (Å²) in [4.78, 5) is 0. The van der Waals surface area contributed by atoms with Gasteiger partial charge in [-0.2, -0.15) is 0 Å². The summed E-state index contributed by atoms with van der Waals surface area (Å²) in [6.07, 6.45) is 0. The number of aromatic nitrogens is 3. The third-order valence-corrected chi connectivity index (χ3v) is 3.47. The highest BCUT2D eigenvalue weighted by molar-refractivity contribution is 6.30. The third kappa shape index (κ3) is 2.35. The number of hydrogen-bond acceptors (Lipinski definition) is 2. The van der Waals surface area contributed by atoms with Crippen molar-refractivity contribution in [3.63, 3.8) is 0 Å². The maximum atomic E-state index is 13.9. The lowest BCUT2D eigenvalue weighted by molar-refractivity contribution is 0.586. The van der Waals surface area contributed by atoms with Gasteiger partial charge in [-0.05, 0) is 30.3 Å². The van der Waals surface area contributed by atoms with Crippen LogP contribution >= 0.6 is 11.6 Å². The van der Waals surface area contributed by atoms with Crippen LogP contribution in [0.25, 0.3) is 22.8 Å². The molecule has 1 aromatic heterocycles. The Hall–Kier alpha value is -2.34. The van der Waals surface area contributed by atoms with Gasteiger partial charge in [0.05, 0.1) is 11.1 Å². The van der Waals surface area contributed by atoms with Crippen molar-refractivity contribution in [2.75, 3.05) is 0 Å². The Morgan fingerprint density at radius 1 is 0.909 bits per heavy atom. The van der Waals surface area contributed by atoms with Crippen molar-refractivity contribution < 1.29 is 13.2 Å². The highest BCUT2D eigenvalue weighted by Crippen LogP contribution is 2.29. The Balaban J connectivity index is 2.20. The summed E-state index contributed by atoms with van der Waals surface area (Å²) in [7, 11) is 1.50. The summed E-state index contributed by atoms with van der Waals surface area (Å²) in [5.41, 5.74) is -0.211. The second-order valence-electron chi connectivity index (χ2n) is 4.63. The van der Waals surface area contributed by atoms with Gasteiger partial charge in [0.25, 0.3) is 0 Å². The fourth-order valence-corrected chi connectivity index (χ4v) is 2.33. The molecule has 0 fully saturated rings. The monoisotopic (exact) mass is 323 g/mol. The van der Waals surface area contributed by atoms with Crippen molar-refractivity contribution in [1.29, 1.82) is 0 Å². The molecular weight excluding hydrogens is 315 g/mol. The van der Waals surface area contributed by atoms with E-state index in [9.17, 15) is 13.2 Å². The fraction of sp³-hybridized carbons (Fsp3) is 0.0667. The maximum absolute atomic E-state index is 13.9. The zero-order chi connectivity index (χ0) is 15.9. The molecule has 0 aliphatic heterocycles. The summed E-state index contributed by atoms with van der Waals surface area (Å²) in [5, 5.41) is 7.92. The topological polar surface area (TPSA) is 30.7 Å². The van der Waals surface area contributed by atoms with Gasteiger partial charge < -0.3 is 4.57 Å². The van der Waals surface area contributed by atoms with Crippen LogP contribution in [0.2, 0.25) is 5.02 Å². The van der Waals surface area contributed by atoms with Crippen LogP contribution in [0.4, 0.5) is 13.2 Å². The number of hydrogen-bond donors (Lipinski definition) is 0.